The second-order valence-corrected chi connectivity index (χ2v) is 7.97. The number of carbonyl (C=O) groups is 2. The molecule has 1 atom stereocenters. The van der Waals surface area contributed by atoms with Crippen LogP contribution in [0.4, 0.5) is 0 Å². The van der Waals surface area contributed by atoms with E-state index < -0.39 is 5.54 Å². The number of likely N-dealkylation sites (N-methyl/N-ethyl adjacent to an activating group) is 2. The van der Waals surface area contributed by atoms with Crippen molar-refractivity contribution in [3.05, 3.63) is 62.4 Å². The van der Waals surface area contributed by atoms with E-state index >= 15 is 0 Å². The molecule has 130 valence electrons. The molecule has 1 aliphatic rings. The van der Waals surface area contributed by atoms with Crippen LogP contribution >= 0.6 is 27.3 Å². The normalized spacial score (nSPS) is 22.8. The van der Waals surface area contributed by atoms with Crippen molar-refractivity contribution in [1.82, 2.24) is 9.80 Å². The molecule has 0 bridgehead atoms. The molecule has 1 aliphatic heterocycles. The maximum absolute atomic E-state index is 13.1. The number of halogens is 1. The average molecular weight is 419 g/mol. The van der Waals surface area contributed by atoms with Crippen LogP contribution in [0.3, 0.4) is 0 Å². The van der Waals surface area contributed by atoms with Crippen LogP contribution in [0.5, 0.6) is 0 Å². The van der Waals surface area contributed by atoms with E-state index in [1.54, 1.807) is 36.4 Å². The highest BCUT2D eigenvalue weighted by atomic mass is 79.9. The Balaban J connectivity index is 1.97. The summed E-state index contributed by atoms with van der Waals surface area (Å²) in [6, 6.07) is 9.78. The van der Waals surface area contributed by atoms with Gasteiger partial charge in [-0.1, -0.05) is 30.3 Å². The van der Waals surface area contributed by atoms with E-state index in [9.17, 15) is 9.59 Å². The Morgan fingerprint density at radius 3 is 2.44 bits per heavy atom. The molecule has 25 heavy (non-hydrogen) atoms. The van der Waals surface area contributed by atoms with E-state index in [1.165, 1.54) is 4.90 Å². The third-order valence-electron chi connectivity index (χ3n) is 4.72. The molecule has 4 nitrogen and oxygen atoms in total. The SMILES string of the molecule is CN1C(=O)C(C)(Cc2ccccc2)N(C)C(=O)/C1=C/c1cscc1Br. The highest BCUT2D eigenvalue weighted by Gasteiger charge is 2.48. The van der Waals surface area contributed by atoms with E-state index in [4.69, 9.17) is 0 Å². The second kappa shape index (κ2) is 6.77. The molecule has 1 fully saturated rings. The van der Waals surface area contributed by atoms with Gasteiger partial charge in [0.25, 0.3) is 11.8 Å². The number of piperazine rings is 1. The van der Waals surface area contributed by atoms with E-state index in [0.717, 1.165) is 15.6 Å². The molecule has 1 saturated heterocycles. The number of benzene rings is 1. The van der Waals surface area contributed by atoms with Gasteiger partial charge in [-0.25, -0.2) is 0 Å². The van der Waals surface area contributed by atoms with E-state index in [-0.39, 0.29) is 11.8 Å². The van der Waals surface area contributed by atoms with Gasteiger partial charge in [0.2, 0.25) is 0 Å². The fourth-order valence-corrected chi connectivity index (χ4v) is 4.41. The lowest BCUT2D eigenvalue weighted by molar-refractivity contribution is -0.155. The van der Waals surface area contributed by atoms with Crippen molar-refractivity contribution in [1.29, 1.82) is 0 Å². The summed E-state index contributed by atoms with van der Waals surface area (Å²) in [6.45, 7) is 1.83. The number of hydrogen-bond donors (Lipinski definition) is 0. The Morgan fingerprint density at radius 2 is 1.84 bits per heavy atom. The summed E-state index contributed by atoms with van der Waals surface area (Å²) in [5.74, 6) is -0.241. The van der Waals surface area contributed by atoms with Gasteiger partial charge in [0.15, 0.2) is 0 Å². The summed E-state index contributed by atoms with van der Waals surface area (Å²) in [5.41, 5.74) is 1.40. The second-order valence-electron chi connectivity index (χ2n) is 6.37. The van der Waals surface area contributed by atoms with Crippen molar-refractivity contribution < 1.29 is 9.59 Å². The zero-order valence-corrected chi connectivity index (χ0v) is 16.7. The molecule has 3 rings (SSSR count). The van der Waals surface area contributed by atoms with Gasteiger partial charge >= 0.3 is 0 Å². The van der Waals surface area contributed by atoms with Crippen LogP contribution in [-0.2, 0) is 16.0 Å². The molecule has 1 aromatic carbocycles. The van der Waals surface area contributed by atoms with Crippen molar-refractivity contribution in [2.24, 2.45) is 0 Å². The third kappa shape index (κ3) is 3.16. The first-order valence-electron chi connectivity index (χ1n) is 7.88. The van der Waals surface area contributed by atoms with Gasteiger partial charge < -0.3 is 9.80 Å². The van der Waals surface area contributed by atoms with Gasteiger partial charge in [-0.15, -0.1) is 0 Å². The molecule has 1 unspecified atom stereocenters. The van der Waals surface area contributed by atoms with Gasteiger partial charge in [0.1, 0.15) is 11.2 Å². The summed E-state index contributed by atoms with van der Waals surface area (Å²) >= 11 is 5.01. The molecule has 0 saturated carbocycles. The predicted molar refractivity (Wildman–Crippen MR) is 104 cm³/mol. The lowest BCUT2D eigenvalue weighted by Crippen LogP contribution is -2.64. The summed E-state index contributed by atoms with van der Waals surface area (Å²) in [6.07, 6.45) is 2.24. The lowest BCUT2D eigenvalue weighted by Gasteiger charge is -2.45. The topological polar surface area (TPSA) is 40.6 Å². The fraction of sp³-hybridized carbons (Fsp3) is 0.263. The number of thiophene rings is 1. The van der Waals surface area contributed by atoms with Crippen molar-refractivity contribution in [3.8, 4) is 0 Å². The Labute approximate surface area is 159 Å². The Bertz CT molecular complexity index is 846. The first-order valence-corrected chi connectivity index (χ1v) is 9.62. The highest BCUT2D eigenvalue weighted by molar-refractivity contribution is 9.10. The summed E-state index contributed by atoms with van der Waals surface area (Å²) in [7, 11) is 3.37. The van der Waals surface area contributed by atoms with Gasteiger partial charge in [-0.2, -0.15) is 11.3 Å². The summed E-state index contributed by atoms with van der Waals surface area (Å²) in [5, 5.41) is 3.89. The number of carbonyl (C=O) groups excluding carboxylic acids is 2. The Hall–Kier alpha value is -1.92. The first kappa shape index (κ1) is 17.9. The van der Waals surface area contributed by atoms with Crippen molar-refractivity contribution in [2.45, 2.75) is 18.9 Å². The summed E-state index contributed by atoms with van der Waals surface area (Å²) < 4.78 is 0.916. The van der Waals surface area contributed by atoms with E-state index in [2.05, 4.69) is 15.9 Å². The zero-order valence-electron chi connectivity index (χ0n) is 14.3. The molecule has 0 spiro atoms. The van der Waals surface area contributed by atoms with Crippen LogP contribution < -0.4 is 0 Å². The van der Waals surface area contributed by atoms with Crippen molar-refractivity contribution >= 4 is 45.2 Å². The molecule has 0 aliphatic carbocycles. The quantitative estimate of drug-likeness (QED) is 0.711. The maximum Gasteiger partial charge on any atom is 0.271 e. The van der Waals surface area contributed by atoms with E-state index in [1.807, 2.05) is 48.0 Å². The third-order valence-corrected chi connectivity index (χ3v) is 6.47. The highest BCUT2D eigenvalue weighted by Crippen LogP contribution is 2.32. The van der Waals surface area contributed by atoms with Crippen LogP contribution in [0.1, 0.15) is 18.1 Å². The number of amides is 2. The Kier molecular flexibility index (Phi) is 4.84. The maximum atomic E-state index is 13.1. The van der Waals surface area contributed by atoms with Crippen LogP contribution in [0.2, 0.25) is 0 Å². The van der Waals surface area contributed by atoms with Gasteiger partial charge in [0.05, 0.1) is 0 Å². The fourth-order valence-electron chi connectivity index (χ4n) is 3.04. The lowest BCUT2D eigenvalue weighted by atomic mass is 9.87. The minimum atomic E-state index is -0.906. The molecule has 2 amide bonds. The van der Waals surface area contributed by atoms with Crippen molar-refractivity contribution in [3.63, 3.8) is 0 Å². The molecular weight excluding hydrogens is 400 g/mol. The standard InChI is InChI=1S/C19H19BrN2O2S/c1-19(10-13-7-5-4-6-8-13)18(24)21(2)16(17(23)22(19)3)9-14-11-25-12-15(14)20/h4-9,11-12H,10H2,1-3H3/b16-9-. The zero-order chi connectivity index (χ0) is 18.2. The minimum Gasteiger partial charge on any atom is -0.326 e. The van der Waals surface area contributed by atoms with E-state index in [0.29, 0.717) is 12.1 Å². The van der Waals surface area contributed by atoms with Crippen LogP contribution in [0.25, 0.3) is 6.08 Å². The Morgan fingerprint density at radius 1 is 1.16 bits per heavy atom. The molecule has 0 radical (unpaired) electrons. The molecular formula is C19H19BrN2O2S. The van der Waals surface area contributed by atoms with Gasteiger partial charge in [-0.05, 0) is 39.9 Å². The molecule has 2 aromatic rings. The summed E-state index contributed by atoms with van der Waals surface area (Å²) in [4.78, 5) is 29.1. The number of hydrogen-bond acceptors (Lipinski definition) is 3. The van der Waals surface area contributed by atoms with Gasteiger partial charge in [-0.3, -0.25) is 9.59 Å². The first-order chi connectivity index (χ1) is 11.8. The van der Waals surface area contributed by atoms with Crippen molar-refractivity contribution in [2.75, 3.05) is 14.1 Å². The molecule has 2 heterocycles. The minimum absolute atomic E-state index is 0.0870. The van der Waals surface area contributed by atoms with Gasteiger partial charge in [0, 0.05) is 35.9 Å². The van der Waals surface area contributed by atoms with Crippen LogP contribution in [-0.4, -0.2) is 41.2 Å². The molecule has 1 aromatic heterocycles. The largest absolute Gasteiger partial charge is 0.326 e. The van der Waals surface area contributed by atoms with Crippen LogP contribution in [0, 0.1) is 0 Å². The predicted octanol–water partition coefficient (Wildman–Crippen LogP) is 3.78. The van der Waals surface area contributed by atoms with Crippen LogP contribution in [0.15, 0.2) is 51.3 Å². The average Bonchev–Trinajstić information content (AvgIpc) is 3.01. The number of rotatable bonds is 3. The smallest absolute Gasteiger partial charge is 0.271 e. The number of nitrogens with zero attached hydrogens (tertiary/aromatic N) is 2. The monoisotopic (exact) mass is 418 g/mol. The molecule has 0 N–H and O–H groups in total. The molecule has 6 heteroatoms.